The van der Waals surface area contributed by atoms with Gasteiger partial charge in [-0.05, 0) is 44.9 Å². The first-order valence-corrected chi connectivity index (χ1v) is 10.5. The number of urea groups is 1. The van der Waals surface area contributed by atoms with Crippen LogP contribution < -0.4 is 15.0 Å². The number of hydrogen-bond acceptors (Lipinski definition) is 4. The minimum Gasteiger partial charge on any atom is -0.492 e. The van der Waals surface area contributed by atoms with Crippen molar-refractivity contribution in [1.29, 1.82) is 0 Å². The van der Waals surface area contributed by atoms with Gasteiger partial charge in [-0.15, -0.1) is 0 Å². The van der Waals surface area contributed by atoms with Gasteiger partial charge in [-0.25, -0.2) is 4.79 Å². The molecule has 0 radical (unpaired) electrons. The zero-order chi connectivity index (χ0) is 20.8. The Kier molecular flexibility index (Phi) is 7.01. The predicted molar refractivity (Wildman–Crippen MR) is 116 cm³/mol. The normalized spacial score (nSPS) is 15.3. The Morgan fingerprint density at radius 3 is 2.59 bits per heavy atom. The van der Waals surface area contributed by atoms with E-state index in [2.05, 4.69) is 41.3 Å². The summed E-state index contributed by atoms with van der Waals surface area (Å²) in [5.41, 5.74) is 3.29. The van der Waals surface area contributed by atoms with Gasteiger partial charge in [0, 0.05) is 45.0 Å². The molecule has 158 valence electrons. The number of amides is 2. The summed E-state index contributed by atoms with van der Waals surface area (Å²) >= 11 is 0. The highest BCUT2D eigenvalue weighted by Crippen LogP contribution is 2.28. The van der Waals surface area contributed by atoms with Crippen molar-refractivity contribution in [2.45, 2.75) is 34.2 Å². The molecule has 1 aromatic heterocycles. The van der Waals surface area contributed by atoms with Crippen molar-refractivity contribution in [2.24, 2.45) is 5.92 Å². The number of benzene rings is 1. The Balaban J connectivity index is 1.46. The molecular weight excluding hydrogens is 366 g/mol. The van der Waals surface area contributed by atoms with Crippen LogP contribution in [0.25, 0.3) is 0 Å². The minimum atomic E-state index is 0.0166. The maximum atomic E-state index is 12.6. The van der Waals surface area contributed by atoms with Crippen molar-refractivity contribution < 1.29 is 9.53 Å². The molecule has 0 saturated carbocycles. The molecule has 1 saturated heterocycles. The summed E-state index contributed by atoms with van der Waals surface area (Å²) < 4.78 is 7.76. The molecule has 2 amide bonds. The molecule has 0 spiro atoms. The highest BCUT2D eigenvalue weighted by Gasteiger charge is 2.23. The van der Waals surface area contributed by atoms with Crippen LogP contribution in [0.5, 0.6) is 5.75 Å². The van der Waals surface area contributed by atoms with E-state index in [1.165, 1.54) is 0 Å². The smallest absolute Gasteiger partial charge is 0.317 e. The molecule has 3 rings (SSSR count). The number of piperazine rings is 1. The lowest BCUT2D eigenvalue weighted by Gasteiger charge is -2.36. The van der Waals surface area contributed by atoms with Gasteiger partial charge in [0.2, 0.25) is 0 Å². The van der Waals surface area contributed by atoms with Gasteiger partial charge in [-0.1, -0.05) is 19.1 Å². The summed E-state index contributed by atoms with van der Waals surface area (Å²) in [6, 6.07) is 10.2. The number of rotatable bonds is 7. The molecule has 2 aromatic rings. The third-order valence-electron chi connectivity index (χ3n) is 5.26. The molecule has 1 atom stereocenters. The van der Waals surface area contributed by atoms with E-state index in [0.717, 1.165) is 42.5 Å². The monoisotopic (exact) mass is 399 g/mol. The van der Waals surface area contributed by atoms with Crippen LogP contribution in [0.4, 0.5) is 10.5 Å². The third kappa shape index (κ3) is 5.43. The van der Waals surface area contributed by atoms with E-state index < -0.39 is 0 Å². The summed E-state index contributed by atoms with van der Waals surface area (Å²) in [5.74, 6) is 1.22. The molecule has 1 aliphatic rings. The molecular formula is C22H33N5O2. The van der Waals surface area contributed by atoms with Gasteiger partial charge >= 0.3 is 6.03 Å². The first-order valence-electron chi connectivity index (χ1n) is 10.5. The van der Waals surface area contributed by atoms with E-state index in [-0.39, 0.29) is 6.03 Å². The number of carbonyl (C=O) groups excluding carboxylic acids is 1. The van der Waals surface area contributed by atoms with Gasteiger partial charge in [0.15, 0.2) is 0 Å². The SMILES string of the molecule is CCOc1ccccc1N1CCN(C(=O)NCC(C)Cn2nc(C)cc2C)CC1. The van der Waals surface area contributed by atoms with Crippen LogP contribution in [0.15, 0.2) is 30.3 Å². The van der Waals surface area contributed by atoms with Crippen LogP contribution in [0.1, 0.15) is 25.2 Å². The van der Waals surface area contributed by atoms with Crippen LogP contribution >= 0.6 is 0 Å². The number of aryl methyl sites for hydroxylation is 2. The number of carbonyl (C=O) groups is 1. The van der Waals surface area contributed by atoms with Crippen molar-refractivity contribution >= 4 is 11.7 Å². The van der Waals surface area contributed by atoms with Gasteiger partial charge in [0.05, 0.1) is 18.0 Å². The predicted octanol–water partition coefficient (Wildman–Crippen LogP) is 3.07. The number of hydrogen-bond donors (Lipinski definition) is 1. The highest BCUT2D eigenvalue weighted by molar-refractivity contribution is 5.74. The minimum absolute atomic E-state index is 0.0166. The molecule has 2 heterocycles. The standard InChI is InChI=1S/C22H33N5O2/c1-5-29-21-9-7-6-8-20(21)25-10-12-26(13-11-25)22(28)23-15-17(2)16-27-19(4)14-18(3)24-27/h6-9,14,17H,5,10-13,15-16H2,1-4H3,(H,23,28). The summed E-state index contributed by atoms with van der Waals surface area (Å²) in [6.07, 6.45) is 0. The van der Waals surface area contributed by atoms with E-state index in [1.54, 1.807) is 0 Å². The van der Waals surface area contributed by atoms with Crippen molar-refractivity contribution in [3.8, 4) is 5.75 Å². The van der Waals surface area contributed by atoms with E-state index in [9.17, 15) is 4.79 Å². The fourth-order valence-corrected chi connectivity index (χ4v) is 3.74. The molecule has 7 heteroatoms. The van der Waals surface area contributed by atoms with Crippen LogP contribution in [0, 0.1) is 19.8 Å². The van der Waals surface area contributed by atoms with Crippen LogP contribution in [-0.4, -0.2) is 60.0 Å². The lowest BCUT2D eigenvalue weighted by Crippen LogP contribution is -2.52. The second-order valence-corrected chi connectivity index (χ2v) is 7.78. The Morgan fingerprint density at radius 2 is 1.93 bits per heavy atom. The topological polar surface area (TPSA) is 62.6 Å². The number of anilines is 1. The molecule has 29 heavy (non-hydrogen) atoms. The molecule has 1 aliphatic heterocycles. The lowest BCUT2D eigenvalue weighted by atomic mass is 10.2. The third-order valence-corrected chi connectivity index (χ3v) is 5.26. The Bertz CT molecular complexity index is 811. The van der Waals surface area contributed by atoms with Crippen molar-refractivity contribution in [1.82, 2.24) is 20.0 Å². The number of nitrogens with zero attached hydrogens (tertiary/aromatic N) is 4. The van der Waals surface area contributed by atoms with E-state index in [0.29, 0.717) is 32.2 Å². The second-order valence-electron chi connectivity index (χ2n) is 7.78. The maximum absolute atomic E-state index is 12.6. The van der Waals surface area contributed by atoms with Gasteiger partial charge in [-0.3, -0.25) is 4.68 Å². The van der Waals surface area contributed by atoms with Gasteiger partial charge < -0.3 is 19.9 Å². The number of aromatic nitrogens is 2. The molecule has 1 unspecified atom stereocenters. The molecule has 1 aromatic carbocycles. The quantitative estimate of drug-likeness (QED) is 0.777. The number of nitrogens with one attached hydrogen (secondary N) is 1. The Morgan fingerprint density at radius 1 is 1.21 bits per heavy atom. The Labute approximate surface area is 173 Å². The summed E-state index contributed by atoms with van der Waals surface area (Å²) in [5, 5.41) is 7.59. The summed E-state index contributed by atoms with van der Waals surface area (Å²) in [6.45, 7) is 13.3. The average molecular weight is 400 g/mol. The second kappa shape index (κ2) is 9.67. The fourth-order valence-electron chi connectivity index (χ4n) is 3.74. The van der Waals surface area contributed by atoms with E-state index >= 15 is 0 Å². The molecule has 1 fully saturated rings. The largest absolute Gasteiger partial charge is 0.492 e. The van der Waals surface area contributed by atoms with Crippen LogP contribution in [0.2, 0.25) is 0 Å². The van der Waals surface area contributed by atoms with Crippen LogP contribution in [0.3, 0.4) is 0 Å². The molecule has 1 N–H and O–H groups in total. The molecule has 0 aliphatic carbocycles. The number of ether oxygens (including phenoxy) is 1. The maximum Gasteiger partial charge on any atom is 0.317 e. The van der Waals surface area contributed by atoms with Crippen molar-refractivity contribution in [3.63, 3.8) is 0 Å². The lowest BCUT2D eigenvalue weighted by molar-refractivity contribution is 0.192. The number of para-hydroxylation sites is 2. The van der Waals surface area contributed by atoms with Gasteiger partial charge in [0.1, 0.15) is 5.75 Å². The first-order chi connectivity index (χ1) is 14.0. The fraction of sp³-hybridized carbons (Fsp3) is 0.545. The summed E-state index contributed by atoms with van der Waals surface area (Å²) in [7, 11) is 0. The van der Waals surface area contributed by atoms with E-state index in [1.807, 2.05) is 41.6 Å². The first kappa shape index (κ1) is 21.0. The molecule has 7 nitrogen and oxygen atoms in total. The van der Waals surface area contributed by atoms with Crippen molar-refractivity contribution in [2.75, 3.05) is 44.2 Å². The zero-order valence-electron chi connectivity index (χ0n) is 18.0. The van der Waals surface area contributed by atoms with Crippen LogP contribution in [-0.2, 0) is 6.54 Å². The summed E-state index contributed by atoms with van der Waals surface area (Å²) in [4.78, 5) is 16.8. The molecule has 0 bridgehead atoms. The average Bonchev–Trinajstić information content (AvgIpc) is 3.03. The zero-order valence-corrected chi connectivity index (χ0v) is 18.0. The van der Waals surface area contributed by atoms with Crippen molar-refractivity contribution in [3.05, 3.63) is 41.7 Å². The van der Waals surface area contributed by atoms with E-state index in [4.69, 9.17) is 4.74 Å². The highest BCUT2D eigenvalue weighted by atomic mass is 16.5. The Hall–Kier alpha value is -2.70. The van der Waals surface area contributed by atoms with Gasteiger partial charge in [0.25, 0.3) is 0 Å². The van der Waals surface area contributed by atoms with Gasteiger partial charge in [-0.2, -0.15) is 5.10 Å².